The summed E-state index contributed by atoms with van der Waals surface area (Å²) in [4.78, 5) is 0. The summed E-state index contributed by atoms with van der Waals surface area (Å²) >= 11 is 0. The predicted octanol–water partition coefficient (Wildman–Crippen LogP) is 8.75. The van der Waals surface area contributed by atoms with Crippen molar-refractivity contribution in [1.82, 2.24) is 0 Å². The standard InChI is InChI=1S/C34H38O4/c1-5-25(3)29-20-21-32(33(24-29)35-6-2)38-26(4)36-22-23-37-34-30(27-14-9-7-10-15-27)18-13-19-31(34)28-16-11-8-12-17-28/h7-21,24-26H,5-6,22-23H2,1-4H3. The van der Waals surface area contributed by atoms with E-state index in [1.54, 1.807) is 0 Å². The van der Waals surface area contributed by atoms with Gasteiger partial charge in [-0.1, -0.05) is 98.8 Å². The van der Waals surface area contributed by atoms with Crippen molar-refractivity contribution in [3.05, 3.63) is 103 Å². The molecule has 4 aromatic carbocycles. The third kappa shape index (κ3) is 6.96. The smallest absolute Gasteiger partial charge is 0.197 e. The van der Waals surface area contributed by atoms with Gasteiger partial charge in [0, 0.05) is 11.1 Å². The Hall–Kier alpha value is -3.76. The van der Waals surface area contributed by atoms with E-state index in [0.717, 1.165) is 40.2 Å². The maximum atomic E-state index is 6.39. The zero-order chi connectivity index (χ0) is 26.7. The number of ether oxygens (including phenoxy) is 4. The third-order valence-corrected chi connectivity index (χ3v) is 6.61. The van der Waals surface area contributed by atoms with Crippen molar-refractivity contribution >= 4 is 0 Å². The Kier molecular flexibility index (Phi) is 9.83. The molecule has 4 aromatic rings. The topological polar surface area (TPSA) is 36.9 Å². The van der Waals surface area contributed by atoms with Crippen molar-refractivity contribution in [2.24, 2.45) is 0 Å². The molecule has 4 nitrogen and oxygen atoms in total. The van der Waals surface area contributed by atoms with Crippen LogP contribution in [0.4, 0.5) is 0 Å². The highest BCUT2D eigenvalue weighted by Crippen LogP contribution is 2.39. The van der Waals surface area contributed by atoms with Gasteiger partial charge in [0.15, 0.2) is 17.8 Å². The third-order valence-electron chi connectivity index (χ3n) is 6.61. The predicted molar refractivity (Wildman–Crippen MR) is 155 cm³/mol. The molecular formula is C34H38O4. The number of hydrogen-bond acceptors (Lipinski definition) is 4. The molecule has 0 amide bonds. The molecule has 0 heterocycles. The van der Waals surface area contributed by atoms with Crippen LogP contribution >= 0.6 is 0 Å². The Morgan fingerprint density at radius 1 is 0.632 bits per heavy atom. The average Bonchev–Trinajstić information content (AvgIpc) is 2.96. The molecule has 0 aliphatic heterocycles. The largest absolute Gasteiger partial charge is 0.490 e. The second kappa shape index (κ2) is 13.7. The Balaban J connectivity index is 1.44. The van der Waals surface area contributed by atoms with E-state index in [-0.39, 0.29) is 0 Å². The van der Waals surface area contributed by atoms with Crippen molar-refractivity contribution in [2.75, 3.05) is 19.8 Å². The van der Waals surface area contributed by atoms with Crippen molar-refractivity contribution in [3.8, 4) is 39.5 Å². The van der Waals surface area contributed by atoms with Gasteiger partial charge in [-0.2, -0.15) is 0 Å². The molecule has 38 heavy (non-hydrogen) atoms. The number of benzene rings is 4. The Morgan fingerprint density at radius 2 is 1.26 bits per heavy atom. The van der Waals surface area contributed by atoms with Gasteiger partial charge in [0.05, 0.1) is 13.2 Å². The number of para-hydroxylation sites is 1. The fraction of sp³-hybridized carbons (Fsp3) is 0.294. The van der Waals surface area contributed by atoms with E-state index in [9.17, 15) is 0 Å². The second-order valence-corrected chi connectivity index (χ2v) is 9.27. The summed E-state index contributed by atoms with van der Waals surface area (Å²) in [5.41, 5.74) is 5.58. The fourth-order valence-electron chi connectivity index (χ4n) is 4.39. The van der Waals surface area contributed by atoms with Crippen LogP contribution in [0.25, 0.3) is 22.3 Å². The Morgan fingerprint density at radius 3 is 1.84 bits per heavy atom. The molecule has 2 atom stereocenters. The van der Waals surface area contributed by atoms with Crippen molar-refractivity contribution in [3.63, 3.8) is 0 Å². The zero-order valence-corrected chi connectivity index (χ0v) is 22.9. The van der Waals surface area contributed by atoms with Gasteiger partial charge in [-0.05, 0) is 55.0 Å². The molecule has 4 heteroatoms. The van der Waals surface area contributed by atoms with E-state index in [2.05, 4.69) is 68.4 Å². The van der Waals surface area contributed by atoms with Crippen LogP contribution < -0.4 is 14.2 Å². The average molecular weight is 511 g/mol. The summed E-state index contributed by atoms with van der Waals surface area (Å²) in [5, 5.41) is 0. The maximum absolute atomic E-state index is 6.39. The molecule has 0 bridgehead atoms. The molecule has 198 valence electrons. The first-order valence-electron chi connectivity index (χ1n) is 13.5. The summed E-state index contributed by atoms with van der Waals surface area (Å²) in [6.45, 7) is 9.63. The molecule has 0 saturated heterocycles. The van der Waals surface area contributed by atoms with Crippen molar-refractivity contribution < 1.29 is 18.9 Å². The van der Waals surface area contributed by atoms with E-state index in [1.807, 2.05) is 56.3 Å². The van der Waals surface area contributed by atoms with Crippen LogP contribution in [0.2, 0.25) is 0 Å². The highest BCUT2D eigenvalue weighted by Gasteiger charge is 2.15. The van der Waals surface area contributed by atoms with Gasteiger partial charge >= 0.3 is 0 Å². The summed E-state index contributed by atoms with van der Waals surface area (Å²) in [6, 6.07) is 33.1. The van der Waals surface area contributed by atoms with Gasteiger partial charge in [0.25, 0.3) is 0 Å². The van der Waals surface area contributed by atoms with Gasteiger partial charge < -0.3 is 18.9 Å². The van der Waals surface area contributed by atoms with Crippen LogP contribution in [0.3, 0.4) is 0 Å². The molecule has 0 aliphatic rings. The summed E-state index contributed by atoms with van der Waals surface area (Å²) < 4.78 is 24.3. The van der Waals surface area contributed by atoms with Crippen LogP contribution in [-0.4, -0.2) is 26.1 Å². The number of rotatable bonds is 13. The van der Waals surface area contributed by atoms with Gasteiger partial charge in [-0.15, -0.1) is 0 Å². The van der Waals surface area contributed by atoms with E-state index in [1.165, 1.54) is 5.56 Å². The second-order valence-electron chi connectivity index (χ2n) is 9.27. The molecule has 0 aliphatic carbocycles. The maximum Gasteiger partial charge on any atom is 0.197 e. The minimum absolute atomic E-state index is 0.382. The van der Waals surface area contributed by atoms with Gasteiger partial charge in [-0.25, -0.2) is 0 Å². The molecule has 4 rings (SSSR count). The molecule has 0 saturated carbocycles. The minimum Gasteiger partial charge on any atom is -0.490 e. The van der Waals surface area contributed by atoms with Crippen LogP contribution in [0.5, 0.6) is 17.2 Å². The van der Waals surface area contributed by atoms with Crippen molar-refractivity contribution in [2.45, 2.75) is 46.3 Å². The Labute approximate surface area is 227 Å². The summed E-state index contributed by atoms with van der Waals surface area (Å²) in [6.07, 6.45) is 0.621. The first-order valence-corrected chi connectivity index (χ1v) is 13.5. The molecular weight excluding hydrogens is 472 g/mol. The van der Waals surface area contributed by atoms with Crippen LogP contribution in [0.1, 0.15) is 45.6 Å². The first-order chi connectivity index (χ1) is 18.6. The molecule has 0 radical (unpaired) electrons. The quantitative estimate of drug-likeness (QED) is 0.133. The molecule has 0 fully saturated rings. The lowest BCUT2D eigenvalue weighted by Crippen LogP contribution is -2.20. The van der Waals surface area contributed by atoms with Crippen molar-refractivity contribution in [1.29, 1.82) is 0 Å². The normalized spacial score (nSPS) is 12.5. The van der Waals surface area contributed by atoms with E-state index in [4.69, 9.17) is 18.9 Å². The summed E-state index contributed by atoms with van der Waals surface area (Å²) in [5.74, 6) is 2.75. The van der Waals surface area contributed by atoms with Crippen LogP contribution in [0.15, 0.2) is 97.1 Å². The molecule has 2 unspecified atom stereocenters. The van der Waals surface area contributed by atoms with Gasteiger partial charge in [0.2, 0.25) is 0 Å². The minimum atomic E-state index is -0.454. The number of hydrogen-bond donors (Lipinski definition) is 0. The lowest BCUT2D eigenvalue weighted by Gasteiger charge is -2.20. The highest BCUT2D eigenvalue weighted by atomic mass is 16.7. The van der Waals surface area contributed by atoms with Gasteiger partial charge in [-0.3, -0.25) is 0 Å². The van der Waals surface area contributed by atoms with E-state index >= 15 is 0 Å². The lowest BCUT2D eigenvalue weighted by molar-refractivity contribution is -0.0748. The molecule has 0 aromatic heterocycles. The highest BCUT2D eigenvalue weighted by molar-refractivity contribution is 5.82. The van der Waals surface area contributed by atoms with E-state index in [0.29, 0.717) is 31.5 Å². The molecule has 0 spiro atoms. The molecule has 0 N–H and O–H groups in total. The zero-order valence-electron chi connectivity index (χ0n) is 22.9. The fourth-order valence-corrected chi connectivity index (χ4v) is 4.39. The lowest BCUT2D eigenvalue weighted by atomic mass is 9.97. The monoisotopic (exact) mass is 510 g/mol. The Bertz CT molecular complexity index is 1210. The van der Waals surface area contributed by atoms with Gasteiger partial charge in [0.1, 0.15) is 12.4 Å². The SMILES string of the molecule is CCOc1cc(C(C)CC)ccc1OC(C)OCCOc1c(-c2ccccc2)cccc1-c1ccccc1. The van der Waals surface area contributed by atoms with E-state index < -0.39 is 6.29 Å². The summed E-state index contributed by atoms with van der Waals surface area (Å²) in [7, 11) is 0. The van der Waals surface area contributed by atoms with Crippen LogP contribution in [0, 0.1) is 0 Å². The first kappa shape index (κ1) is 27.3. The van der Waals surface area contributed by atoms with Crippen LogP contribution in [-0.2, 0) is 4.74 Å².